The van der Waals surface area contributed by atoms with Gasteiger partial charge in [0.15, 0.2) is 0 Å². The van der Waals surface area contributed by atoms with Crippen molar-refractivity contribution in [3.63, 3.8) is 0 Å². The molecule has 1 aromatic carbocycles. The van der Waals surface area contributed by atoms with Crippen molar-refractivity contribution >= 4 is 15.9 Å². The number of hydrogen-bond acceptors (Lipinski definition) is 2. The zero-order chi connectivity index (χ0) is 13.7. The Bertz CT molecular complexity index is 394. The van der Waals surface area contributed by atoms with E-state index in [4.69, 9.17) is 4.74 Å². The summed E-state index contributed by atoms with van der Waals surface area (Å²) in [5.74, 6) is 0. The van der Waals surface area contributed by atoms with Crippen LogP contribution in [0, 0.1) is 0 Å². The minimum absolute atomic E-state index is 0.376. The van der Waals surface area contributed by atoms with Crippen LogP contribution in [0.4, 0.5) is 0 Å². The van der Waals surface area contributed by atoms with E-state index in [2.05, 4.69) is 59.4 Å². The van der Waals surface area contributed by atoms with Crippen molar-refractivity contribution in [3.05, 3.63) is 34.3 Å². The van der Waals surface area contributed by atoms with Crippen molar-refractivity contribution in [1.82, 2.24) is 5.32 Å². The molecule has 0 saturated carbocycles. The smallest absolute Gasteiger partial charge is 0.0589 e. The molecule has 3 unspecified atom stereocenters. The molecule has 1 saturated heterocycles. The Balaban J connectivity index is 1.91. The molecule has 0 amide bonds. The highest BCUT2D eigenvalue weighted by Gasteiger charge is 2.23. The number of rotatable bonds is 5. The second-order valence-electron chi connectivity index (χ2n) is 5.41. The molecule has 1 aliphatic heterocycles. The predicted molar refractivity (Wildman–Crippen MR) is 83.4 cm³/mol. The molecule has 0 bridgehead atoms. The third-order valence-electron chi connectivity index (χ3n) is 3.84. The Hall–Kier alpha value is -0.380. The molecule has 106 valence electrons. The first-order valence-electron chi connectivity index (χ1n) is 7.32. The maximum absolute atomic E-state index is 5.81. The normalized spacial score (nSPS) is 25.2. The molecule has 2 rings (SSSR count). The van der Waals surface area contributed by atoms with Crippen LogP contribution in [0.25, 0.3) is 0 Å². The standard InChI is InChI=1S/C16H24BrNO/c1-3-6-14-11-13(9-10-19-14)18-12(2)15-7-4-5-8-16(15)17/h4-5,7-8,12-14,18H,3,6,9-11H2,1-2H3. The maximum atomic E-state index is 5.81. The summed E-state index contributed by atoms with van der Waals surface area (Å²) in [5, 5.41) is 3.75. The van der Waals surface area contributed by atoms with Gasteiger partial charge in [0.2, 0.25) is 0 Å². The molecule has 19 heavy (non-hydrogen) atoms. The van der Waals surface area contributed by atoms with Gasteiger partial charge in [0.05, 0.1) is 6.10 Å². The van der Waals surface area contributed by atoms with Gasteiger partial charge >= 0.3 is 0 Å². The lowest BCUT2D eigenvalue weighted by atomic mass is 9.98. The lowest BCUT2D eigenvalue weighted by Gasteiger charge is -2.32. The van der Waals surface area contributed by atoms with Crippen molar-refractivity contribution in [3.8, 4) is 0 Å². The molecule has 3 heteroatoms. The summed E-state index contributed by atoms with van der Waals surface area (Å²) in [4.78, 5) is 0. The predicted octanol–water partition coefficient (Wildman–Crippen LogP) is 4.45. The van der Waals surface area contributed by atoms with Crippen LogP contribution in [-0.4, -0.2) is 18.8 Å². The van der Waals surface area contributed by atoms with E-state index < -0.39 is 0 Å². The summed E-state index contributed by atoms with van der Waals surface area (Å²) in [6, 6.07) is 9.41. The molecule has 1 aliphatic rings. The molecule has 2 nitrogen and oxygen atoms in total. The first-order valence-corrected chi connectivity index (χ1v) is 8.12. The number of ether oxygens (including phenoxy) is 1. The Morgan fingerprint density at radius 1 is 1.42 bits per heavy atom. The van der Waals surface area contributed by atoms with Crippen molar-refractivity contribution in [2.45, 2.75) is 57.7 Å². The van der Waals surface area contributed by atoms with E-state index in [1.807, 2.05) is 0 Å². The third kappa shape index (κ3) is 4.30. The van der Waals surface area contributed by atoms with Crippen LogP contribution in [0.3, 0.4) is 0 Å². The van der Waals surface area contributed by atoms with Gasteiger partial charge in [-0.1, -0.05) is 47.5 Å². The Kier molecular flexibility index (Phi) is 5.86. The van der Waals surface area contributed by atoms with Gasteiger partial charge in [-0.2, -0.15) is 0 Å². The van der Waals surface area contributed by atoms with Gasteiger partial charge in [-0.3, -0.25) is 0 Å². The second kappa shape index (κ2) is 7.41. The van der Waals surface area contributed by atoms with Gasteiger partial charge in [0.25, 0.3) is 0 Å². The third-order valence-corrected chi connectivity index (χ3v) is 4.56. The van der Waals surface area contributed by atoms with E-state index in [0.717, 1.165) is 19.4 Å². The van der Waals surface area contributed by atoms with Crippen LogP contribution in [0.1, 0.15) is 51.1 Å². The van der Waals surface area contributed by atoms with Crippen LogP contribution in [-0.2, 0) is 4.74 Å². The molecule has 1 heterocycles. The molecular weight excluding hydrogens is 302 g/mol. The number of nitrogens with one attached hydrogen (secondary N) is 1. The molecule has 0 aliphatic carbocycles. The van der Waals surface area contributed by atoms with Crippen LogP contribution in [0.15, 0.2) is 28.7 Å². The topological polar surface area (TPSA) is 21.3 Å². The Labute approximate surface area is 125 Å². The summed E-state index contributed by atoms with van der Waals surface area (Å²) < 4.78 is 7.00. The molecule has 1 aromatic rings. The summed E-state index contributed by atoms with van der Waals surface area (Å²) in [5.41, 5.74) is 1.33. The summed E-state index contributed by atoms with van der Waals surface area (Å²) in [6.45, 7) is 5.36. The fraction of sp³-hybridized carbons (Fsp3) is 0.625. The molecule has 3 atom stereocenters. The summed E-state index contributed by atoms with van der Waals surface area (Å²) in [7, 11) is 0. The fourth-order valence-corrected chi connectivity index (χ4v) is 3.45. The van der Waals surface area contributed by atoms with Crippen molar-refractivity contribution < 1.29 is 4.74 Å². The Morgan fingerprint density at radius 2 is 2.21 bits per heavy atom. The van der Waals surface area contributed by atoms with Crippen molar-refractivity contribution in [2.75, 3.05) is 6.61 Å². The molecule has 1 N–H and O–H groups in total. The lowest BCUT2D eigenvalue weighted by Crippen LogP contribution is -2.40. The quantitative estimate of drug-likeness (QED) is 0.863. The van der Waals surface area contributed by atoms with Gasteiger partial charge in [0.1, 0.15) is 0 Å². The van der Waals surface area contributed by atoms with Crippen molar-refractivity contribution in [2.24, 2.45) is 0 Å². The van der Waals surface area contributed by atoms with E-state index in [9.17, 15) is 0 Å². The highest BCUT2D eigenvalue weighted by Crippen LogP contribution is 2.25. The van der Waals surface area contributed by atoms with E-state index in [0.29, 0.717) is 18.2 Å². The average Bonchev–Trinajstić information content (AvgIpc) is 2.40. The van der Waals surface area contributed by atoms with Gasteiger partial charge in [-0.15, -0.1) is 0 Å². The number of benzene rings is 1. The highest BCUT2D eigenvalue weighted by molar-refractivity contribution is 9.10. The number of halogens is 1. The van der Waals surface area contributed by atoms with Crippen LogP contribution in [0.2, 0.25) is 0 Å². The average molecular weight is 326 g/mol. The summed E-state index contributed by atoms with van der Waals surface area (Å²) >= 11 is 3.63. The maximum Gasteiger partial charge on any atom is 0.0589 e. The van der Waals surface area contributed by atoms with E-state index in [1.165, 1.54) is 22.9 Å². The zero-order valence-corrected chi connectivity index (χ0v) is 13.4. The largest absolute Gasteiger partial charge is 0.378 e. The minimum atomic E-state index is 0.376. The second-order valence-corrected chi connectivity index (χ2v) is 6.27. The first kappa shape index (κ1) is 15.0. The van der Waals surface area contributed by atoms with Gasteiger partial charge in [-0.05, 0) is 37.8 Å². The van der Waals surface area contributed by atoms with E-state index in [1.54, 1.807) is 0 Å². The van der Waals surface area contributed by atoms with Crippen LogP contribution >= 0.6 is 15.9 Å². The Morgan fingerprint density at radius 3 is 2.95 bits per heavy atom. The van der Waals surface area contributed by atoms with Crippen molar-refractivity contribution in [1.29, 1.82) is 0 Å². The fourth-order valence-electron chi connectivity index (χ4n) is 2.82. The van der Waals surface area contributed by atoms with Gasteiger partial charge in [-0.25, -0.2) is 0 Å². The van der Waals surface area contributed by atoms with E-state index in [-0.39, 0.29) is 0 Å². The lowest BCUT2D eigenvalue weighted by molar-refractivity contribution is -0.00473. The molecule has 0 spiro atoms. The monoisotopic (exact) mass is 325 g/mol. The SMILES string of the molecule is CCCC1CC(NC(C)c2ccccc2Br)CCO1. The molecular formula is C16H24BrNO. The van der Waals surface area contributed by atoms with Gasteiger partial charge < -0.3 is 10.1 Å². The van der Waals surface area contributed by atoms with Gasteiger partial charge in [0, 0.05) is 23.2 Å². The van der Waals surface area contributed by atoms with Crippen LogP contribution in [0.5, 0.6) is 0 Å². The van der Waals surface area contributed by atoms with E-state index >= 15 is 0 Å². The molecule has 0 aromatic heterocycles. The molecule has 0 radical (unpaired) electrons. The van der Waals surface area contributed by atoms with Crippen LogP contribution < -0.4 is 5.32 Å². The zero-order valence-electron chi connectivity index (χ0n) is 11.9. The minimum Gasteiger partial charge on any atom is -0.378 e. The summed E-state index contributed by atoms with van der Waals surface area (Å²) in [6.07, 6.45) is 5.10. The highest BCUT2D eigenvalue weighted by atomic mass is 79.9. The molecule has 1 fully saturated rings. The number of hydrogen-bond donors (Lipinski definition) is 1. The first-order chi connectivity index (χ1) is 9.20.